The van der Waals surface area contributed by atoms with Crippen LogP contribution in [-0.4, -0.2) is 19.5 Å². The van der Waals surface area contributed by atoms with Crippen LogP contribution in [0, 0.1) is 0 Å². The Kier molecular flexibility index (Phi) is 2.64. The second-order valence-corrected chi connectivity index (χ2v) is 4.06. The zero-order chi connectivity index (χ0) is 12.4. The molecule has 1 N–H and O–H groups in total. The summed E-state index contributed by atoms with van der Waals surface area (Å²) in [7, 11) is 1.97. The van der Waals surface area contributed by atoms with E-state index in [1.807, 2.05) is 42.1 Å². The van der Waals surface area contributed by atoms with E-state index in [1.54, 1.807) is 12.5 Å². The van der Waals surface area contributed by atoms with Gasteiger partial charge >= 0.3 is 0 Å². The molecule has 0 unspecified atom stereocenters. The number of fused-ring (bicyclic) bond motifs is 1. The van der Waals surface area contributed by atoms with Crippen LogP contribution in [0.1, 0.15) is 5.69 Å². The topological polar surface area (TPSA) is 55.6 Å². The van der Waals surface area contributed by atoms with Gasteiger partial charge in [0.1, 0.15) is 17.8 Å². The molecule has 0 saturated heterocycles. The van der Waals surface area contributed by atoms with E-state index in [2.05, 4.69) is 20.3 Å². The fourth-order valence-electron chi connectivity index (χ4n) is 1.90. The molecule has 0 radical (unpaired) electrons. The average molecular weight is 239 g/mol. The van der Waals surface area contributed by atoms with Crippen LogP contribution < -0.4 is 5.32 Å². The van der Waals surface area contributed by atoms with Crippen LogP contribution in [0.4, 0.5) is 5.82 Å². The Hall–Kier alpha value is -2.43. The van der Waals surface area contributed by atoms with Crippen LogP contribution in [-0.2, 0) is 13.6 Å². The lowest BCUT2D eigenvalue weighted by atomic mass is 10.3. The Morgan fingerprint density at radius 3 is 2.94 bits per heavy atom. The summed E-state index contributed by atoms with van der Waals surface area (Å²) in [5.41, 5.74) is 1.91. The second kappa shape index (κ2) is 4.44. The standard InChI is InChI=1S/C13H13N5/c1-18-7-5-11-12(16-9-17-13(11)18)15-8-10-4-2-3-6-14-10/h2-7,9H,8H2,1H3,(H,15,16,17). The van der Waals surface area contributed by atoms with Crippen LogP contribution in [0.3, 0.4) is 0 Å². The quantitative estimate of drug-likeness (QED) is 0.759. The summed E-state index contributed by atoms with van der Waals surface area (Å²) >= 11 is 0. The molecule has 0 atom stereocenters. The Morgan fingerprint density at radius 2 is 2.11 bits per heavy atom. The van der Waals surface area contributed by atoms with Crippen molar-refractivity contribution >= 4 is 16.9 Å². The molecule has 0 spiro atoms. The molecule has 0 saturated carbocycles. The van der Waals surface area contributed by atoms with Crippen LogP contribution in [0.15, 0.2) is 43.0 Å². The van der Waals surface area contributed by atoms with E-state index in [0.717, 1.165) is 22.5 Å². The van der Waals surface area contributed by atoms with Gasteiger partial charge in [-0.05, 0) is 18.2 Å². The van der Waals surface area contributed by atoms with Gasteiger partial charge in [0.2, 0.25) is 0 Å². The first-order valence-electron chi connectivity index (χ1n) is 5.74. The summed E-state index contributed by atoms with van der Waals surface area (Å²) in [5, 5.41) is 4.31. The largest absolute Gasteiger partial charge is 0.364 e. The summed E-state index contributed by atoms with van der Waals surface area (Å²) in [6.07, 6.45) is 5.34. The van der Waals surface area contributed by atoms with Crippen LogP contribution in [0.25, 0.3) is 11.0 Å². The van der Waals surface area contributed by atoms with E-state index in [9.17, 15) is 0 Å². The van der Waals surface area contributed by atoms with Gasteiger partial charge in [-0.3, -0.25) is 4.98 Å². The third-order valence-corrected chi connectivity index (χ3v) is 2.82. The molecule has 0 aliphatic rings. The number of nitrogens with one attached hydrogen (secondary N) is 1. The zero-order valence-electron chi connectivity index (χ0n) is 10.0. The molecular formula is C13H13N5. The predicted molar refractivity (Wildman–Crippen MR) is 70.1 cm³/mol. The third kappa shape index (κ3) is 1.90. The number of rotatable bonds is 3. The van der Waals surface area contributed by atoms with Crippen molar-refractivity contribution in [1.82, 2.24) is 19.5 Å². The van der Waals surface area contributed by atoms with E-state index in [4.69, 9.17) is 0 Å². The lowest BCUT2D eigenvalue weighted by Crippen LogP contribution is -2.03. The summed E-state index contributed by atoms with van der Waals surface area (Å²) in [4.78, 5) is 12.8. The molecule has 0 fully saturated rings. The molecule has 3 aromatic rings. The first kappa shape index (κ1) is 10.7. The van der Waals surface area contributed by atoms with Gasteiger partial charge in [-0.25, -0.2) is 9.97 Å². The van der Waals surface area contributed by atoms with Crippen molar-refractivity contribution in [3.8, 4) is 0 Å². The first-order chi connectivity index (χ1) is 8.84. The summed E-state index contributed by atoms with van der Waals surface area (Å²) in [6.45, 7) is 0.655. The van der Waals surface area contributed by atoms with Gasteiger partial charge in [0.05, 0.1) is 17.6 Å². The van der Waals surface area contributed by atoms with Crippen molar-refractivity contribution in [3.05, 3.63) is 48.7 Å². The SMILES string of the molecule is Cn1ccc2c(NCc3ccccn3)ncnc21. The number of hydrogen-bond donors (Lipinski definition) is 1. The van der Waals surface area contributed by atoms with Gasteiger partial charge in [-0.2, -0.15) is 0 Å². The van der Waals surface area contributed by atoms with E-state index < -0.39 is 0 Å². The number of aromatic nitrogens is 4. The molecular weight excluding hydrogens is 226 g/mol. The number of hydrogen-bond acceptors (Lipinski definition) is 4. The van der Waals surface area contributed by atoms with Gasteiger partial charge in [0, 0.05) is 19.4 Å². The minimum atomic E-state index is 0.655. The Morgan fingerprint density at radius 1 is 1.17 bits per heavy atom. The zero-order valence-corrected chi connectivity index (χ0v) is 10.0. The van der Waals surface area contributed by atoms with E-state index in [0.29, 0.717) is 6.54 Å². The molecule has 3 rings (SSSR count). The Balaban J connectivity index is 1.87. The maximum Gasteiger partial charge on any atom is 0.145 e. The number of aryl methyl sites for hydroxylation is 1. The summed E-state index contributed by atoms with van der Waals surface area (Å²) in [6, 6.07) is 7.87. The second-order valence-electron chi connectivity index (χ2n) is 4.06. The number of pyridine rings is 1. The van der Waals surface area contributed by atoms with Crippen molar-refractivity contribution in [1.29, 1.82) is 0 Å². The van der Waals surface area contributed by atoms with Crippen LogP contribution >= 0.6 is 0 Å². The lowest BCUT2D eigenvalue weighted by molar-refractivity contribution is 0.942. The van der Waals surface area contributed by atoms with Crippen molar-refractivity contribution < 1.29 is 0 Å². The fourth-order valence-corrected chi connectivity index (χ4v) is 1.90. The molecule has 3 aromatic heterocycles. The lowest BCUT2D eigenvalue weighted by Gasteiger charge is -2.06. The first-order valence-corrected chi connectivity index (χ1v) is 5.74. The number of anilines is 1. The Labute approximate surface area is 105 Å². The predicted octanol–water partition coefficient (Wildman–Crippen LogP) is 1.98. The van der Waals surface area contributed by atoms with Crippen LogP contribution in [0.5, 0.6) is 0 Å². The maximum atomic E-state index is 4.27. The normalized spacial score (nSPS) is 10.7. The molecule has 5 nitrogen and oxygen atoms in total. The highest BCUT2D eigenvalue weighted by Gasteiger charge is 2.05. The highest BCUT2D eigenvalue weighted by molar-refractivity contribution is 5.87. The van der Waals surface area contributed by atoms with Gasteiger partial charge in [0.15, 0.2) is 0 Å². The molecule has 0 aliphatic heterocycles. The van der Waals surface area contributed by atoms with Gasteiger partial charge in [-0.1, -0.05) is 6.07 Å². The molecule has 0 aromatic carbocycles. The van der Waals surface area contributed by atoms with Crippen molar-refractivity contribution in [2.45, 2.75) is 6.54 Å². The molecule has 0 aliphatic carbocycles. The molecule has 18 heavy (non-hydrogen) atoms. The maximum absolute atomic E-state index is 4.27. The summed E-state index contributed by atoms with van der Waals surface area (Å²) < 4.78 is 1.98. The molecule has 90 valence electrons. The Bertz CT molecular complexity index is 659. The molecule has 3 heterocycles. The monoisotopic (exact) mass is 239 g/mol. The van der Waals surface area contributed by atoms with E-state index >= 15 is 0 Å². The summed E-state index contributed by atoms with van der Waals surface area (Å²) in [5.74, 6) is 0.839. The van der Waals surface area contributed by atoms with Gasteiger partial charge in [-0.15, -0.1) is 0 Å². The molecule has 0 bridgehead atoms. The molecule has 5 heteroatoms. The fraction of sp³-hybridized carbons (Fsp3) is 0.154. The van der Waals surface area contributed by atoms with Crippen molar-refractivity contribution in [2.24, 2.45) is 7.05 Å². The highest BCUT2D eigenvalue weighted by Crippen LogP contribution is 2.19. The third-order valence-electron chi connectivity index (χ3n) is 2.82. The number of nitrogens with zero attached hydrogens (tertiary/aromatic N) is 4. The molecule has 0 amide bonds. The van der Waals surface area contributed by atoms with E-state index in [1.165, 1.54) is 0 Å². The van der Waals surface area contributed by atoms with E-state index in [-0.39, 0.29) is 0 Å². The minimum Gasteiger partial charge on any atom is -0.364 e. The van der Waals surface area contributed by atoms with Crippen molar-refractivity contribution in [2.75, 3.05) is 5.32 Å². The van der Waals surface area contributed by atoms with Crippen molar-refractivity contribution in [3.63, 3.8) is 0 Å². The van der Waals surface area contributed by atoms with Gasteiger partial charge < -0.3 is 9.88 Å². The minimum absolute atomic E-state index is 0.655. The average Bonchev–Trinajstić information content (AvgIpc) is 2.80. The van der Waals surface area contributed by atoms with Crippen LogP contribution in [0.2, 0.25) is 0 Å². The smallest absolute Gasteiger partial charge is 0.145 e. The van der Waals surface area contributed by atoms with Gasteiger partial charge in [0.25, 0.3) is 0 Å². The highest BCUT2D eigenvalue weighted by atomic mass is 15.1.